The van der Waals surface area contributed by atoms with E-state index in [1.807, 2.05) is 0 Å². The Morgan fingerprint density at radius 2 is 2.64 bits per heavy atom. The lowest BCUT2D eigenvalue weighted by Crippen LogP contribution is -2.13. The van der Waals surface area contributed by atoms with Crippen molar-refractivity contribution in [1.29, 1.82) is 0 Å². The molecule has 1 aromatic rings. The van der Waals surface area contributed by atoms with Crippen LogP contribution >= 0.6 is 0 Å². The lowest BCUT2D eigenvalue weighted by molar-refractivity contribution is 0.320. The quantitative estimate of drug-likeness (QED) is 0.608. The van der Waals surface area contributed by atoms with Gasteiger partial charge in [0.15, 0.2) is 0 Å². The average molecular weight is 155 g/mol. The topological polar surface area (TPSA) is 59.9 Å². The van der Waals surface area contributed by atoms with E-state index < -0.39 is 0 Å². The SMILES string of the molecule is C=CCOc1n[nH]c(=O)n1C. The molecule has 1 rings (SSSR count). The fraction of sp³-hybridized carbons (Fsp3) is 0.333. The monoisotopic (exact) mass is 155 g/mol. The number of rotatable bonds is 3. The second-order valence-corrected chi connectivity index (χ2v) is 1.97. The third-order valence-corrected chi connectivity index (χ3v) is 1.17. The minimum Gasteiger partial charge on any atom is -0.459 e. The highest BCUT2D eigenvalue weighted by molar-refractivity contribution is 4.91. The van der Waals surface area contributed by atoms with Gasteiger partial charge >= 0.3 is 11.7 Å². The van der Waals surface area contributed by atoms with Crippen LogP contribution in [0, 0.1) is 0 Å². The van der Waals surface area contributed by atoms with Gasteiger partial charge in [-0.05, 0) is 0 Å². The largest absolute Gasteiger partial charge is 0.459 e. The molecule has 0 amide bonds. The Hall–Kier alpha value is -1.52. The van der Waals surface area contributed by atoms with Crippen LogP contribution in [0.1, 0.15) is 0 Å². The number of nitrogens with zero attached hydrogens (tertiary/aromatic N) is 2. The first-order valence-electron chi connectivity index (χ1n) is 3.11. The molecule has 1 N–H and O–H groups in total. The smallest absolute Gasteiger partial charge is 0.345 e. The maximum Gasteiger partial charge on any atom is 0.345 e. The normalized spacial score (nSPS) is 9.55. The molecule has 0 aliphatic rings. The zero-order chi connectivity index (χ0) is 8.27. The predicted octanol–water partition coefficient (Wildman–Crippen LogP) is -0.327. The number of nitrogens with one attached hydrogen (secondary N) is 1. The van der Waals surface area contributed by atoms with Crippen molar-refractivity contribution in [3.8, 4) is 6.01 Å². The Balaban J connectivity index is 2.78. The summed E-state index contributed by atoms with van der Waals surface area (Å²) in [5, 5.41) is 5.85. The van der Waals surface area contributed by atoms with Gasteiger partial charge < -0.3 is 4.74 Å². The van der Waals surface area contributed by atoms with Crippen molar-refractivity contribution < 1.29 is 4.74 Å². The molecule has 0 bridgehead atoms. The lowest BCUT2D eigenvalue weighted by Gasteiger charge is -1.97. The van der Waals surface area contributed by atoms with E-state index in [-0.39, 0.29) is 11.7 Å². The number of hydrogen-bond acceptors (Lipinski definition) is 3. The van der Waals surface area contributed by atoms with Crippen molar-refractivity contribution >= 4 is 0 Å². The number of aromatic amines is 1. The van der Waals surface area contributed by atoms with Crippen molar-refractivity contribution in [2.75, 3.05) is 6.61 Å². The van der Waals surface area contributed by atoms with Crippen LogP contribution in [0.4, 0.5) is 0 Å². The van der Waals surface area contributed by atoms with Gasteiger partial charge in [-0.2, -0.15) is 0 Å². The first-order chi connectivity index (χ1) is 5.25. The molecule has 1 aromatic heterocycles. The van der Waals surface area contributed by atoms with Crippen LogP contribution in [0.15, 0.2) is 17.4 Å². The Kier molecular flexibility index (Phi) is 2.10. The highest BCUT2D eigenvalue weighted by atomic mass is 16.5. The van der Waals surface area contributed by atoms with Crippen molar-refractivity contribution in [2.24, 2.45) is 7.05 Å². The van der Waals surface area contributed by atoms with E-state index in [9.17, 15) is 4.79 Å². The molecule has 0 aromatic carbocycles. The zero-order valence-electron chi connectivity index (χ0n) is 6.20. The van der Waals surface area contributed by atoms with Crippen molar-refractivity contribution in [3.63, 3.8) is 0 Å². The first-order valence-corrected chi connectivity index (χ1v) is 3.11. The van der Waals surface area contributed by atoms with E-state index >= 15 is 0 Å². The number of hydrogen-bond donors (Lipinski definition) is 1. The molecule has 5 heteroatoms. The Bertz CT molecular complexity index is 299. The molecular weight excluding hydrogens is 146 g/mol. The van der Waals surface area contributed by atoms with Crippen LogP contribution in [0.25, 0.3) is 0 Å². The van der Waals surface area contributed by atoms with Crippen LogP contribution in [0.3, 0.4) is 0 Å². The summed E-state index contributed by atoms with van der Waals surface area (Å²) in [5.74, 6) is 0. The van der Waals surface area contributed by atoms with E-state index in [0.717, 1.165) is 0 Å². The molecule has 0 radical (unpaired) electrons. The van der Waals surface area contributed by atoms with Crippen molar-refractivity contribution in [1.82, 2.24) is 14.8 Å². The van der Waals surface area contributed by atoms with E-state index in [1.54, 1.807) is 13.1 Å². The van der Waals surface area contributed by atoms with Gasteiger partial charge in [-0.3, -0.25) is 0 Å². The molecule has 0 aliphatic heterocycles. The number of ether oxygens (including phenoxy) is 1. The van der Waals surface area contributed by atoms with Crippen LogP contribution in [-0.2, 0) is 7.05 Å². The Morgan fingerprint density at radius 1 is 1.91 bits per heavy atom. The summed E-state index contributed by atoms with van der Waals surface area (Å²) in [7, 11) is 1.57. The summed E-state index contributed by atoms with van der Waals surface area (Å²) >= 11 is 0. The molecule has 0 spiro atoms. The molecule has 1 heterocycles. The van der Waals surface area contributed by atoms with Gasteiger partial charge in [0.2, 0.25) is 0 Å². The lowest BCUT2D eigenvalue weighted by atomic mass is 10.7. The average Bonchev–Trinajstić information content (AvgIpc) is 2.31. The van der Waals surface area contributed by atoms with Gasteiger partial charge in [-0.1, -0.05) is 12.7 Å². The molecule has 11 heavy (non-hydrogen) atoms. The molecule has 0 saturated heterocycles. The van der Waals surface area contributed by atoms with E-state index in [2.05, 4.69) is 16.8 Å². The fourth-order valence-corrected chi connectivity index (χ4v) is 0.595. The van der Waals surface area contributed by atoms with E-state index in [4.69, 9.17) is 4.74 Å². The fourth-order valence-electron chi connectivity index (χ4n) is 0.595. The number of aromatic nitrogens is 3. The molecule has 0 fully saturated rings. The third-order valence-electron chi connectivity index (χ3n) is 1.17. The molecule has 5 nitrogen and oxygen atoms in total. The van der Waals surface area contributed by atoms with Gasteiger partial charge in [-0.25, -0.2) is 14.5 Å². The molecule has 0 atom stereocenters. The van der Waals surface area contributed by atoms with Gasteiger partial charge in [0.25, 0.3) is 0 Å². The molecular formula is C6H9N3O2. The third kappa shape index (κ3) is 1.49. The minimum absolute atomic E-state index is 0.273. The highest BCUT2D eigenvalue weighted by Gasteiger charge is 2.01. The summed E-state index contributed by atoms with van der Waals surface area (Å²) < 4.78 is 6.29. The van der Waals surface area contributed by atoms with Gasteiger partial charge in [0.1, 0.15) is 6.61 Å². The van der Waals surface area contributed by atoms with Gasteiger partial charge in [0.05, 0.1) is 0 Å². The maximum atomic E-state index is 10.7. The van der Waals surface area contributed by atoms with Crippen molar-refractivity contribution in [2.45, 2.75) is 0 Å². The summed E-state index contributed by atoms with van der Waals surface area (Å²) in [4.78, 5) is 10.7. The van der Waals surface area contributed by atoms with Gasteiger partial charge in [0, 0.05) is 7.05 Å². The highest BCUT2D eigenvalue weighted by Crippen LogP contribution is 1.97. The van der Waals surface area contributed by atoms with Crippen molar-refractivity contribution in [3.05, 3.63) is 23.1 Å². The minimum atomic E-state index is -0.288. The number of H-pyrrole nitrogens is 1. The summed E-state index contributed by atoms with van der Waals surface area (Å²) in [6.45, 7) is 3.81. The zero-order valence-corrected chi connectivity index (χ0v) is 6.20. The van der Waals surface area contributed by atoms with Crippen LogP contribution in [-0.4, -0.2) is 21.4 Å². The van der Waals surface area contributed by atoms with E-state index in [1.165, 1.54) is 4.57 Å². The van der Waals surface area contributed by atoms with Crippen LogP contribution in [0.2, 0.25) is 0 Å². The maximum absolute atomic E-state index is 10.7. The summed E-state index contributed by atoms with van der Waals surface area (Å²) in [6, 6.07) is 0.273. The second-order valence-electron chi connectivity index (χ2n) is 1.97. The van der Waals surface area contributed by atoms with Crippen LogP contribution in [0.5, 0.6) is 6.01 Å². The summed E-state index contributed by atoms with van der Waals surface area (Å²) in [5.41, 5.74) is -0.288. The second kappa shape index (κ2) is 3.05. The summed E-state index contributed by atoms with van der Waals surface area (Å²) in [6.07, 6.45) is 1.58. The first kappa shape index (κ1) is 7.59. The van der Waals surface area contributed by atoms with Crippen LogP contribution < -0.4 is 10.4 Å². The standard InChI is InChI=1S/C6H9N3O2/c1-3-4-11-6-8-7-5(10)9(6)2/h3H,1,4H2,2H3,(H,7,10). The van der Waals surface area contributed by atoms with E-state index in [0.29, 0.717) is 6.61 Å². The molecule has 60 valence electrons. The molecule has 0 unspecified atom stereocenters. The predicted molar refractivity (Wildman–Crippen MR) is 39.5 cm³/mol. The molecule has 0 saturated carbocycles. The Morgan fingerprint density at radius 3 is 3.09 bits per heavy atom. The van der Waals surface area contributed by atoms with Gasteiger partial charge in [-0.15, -0.1) is 5.10 Å². The Labute approximate surface area is 63.3 Å². The molecule has 0 aliphatic carbocycles.